The summed E-state index contributed by atoms with van der Waals surface area (Å²) in [5.41, 5.74) is 3.24. The first-order valence-corrected chi connectivity index (χ1v) is 7.30. The largest absolute Gasteiger partial charge is 0.347 e. The first kappa shape index (κ1) is 13.6. The molecule has 0 radical (unpaired) electrons. The zero-order valence-electron chi connectivity index (χ0n) is 12.1. The van der Waals surface area contributed by atoms with Crippen LogP contribution in [0.5, 0.6) is 0 Å². The predicted molar refractivity (Wildman–Crippen MR) is 77.6 cm³/mol. The standard InChI is InChI=1S/C16H21NO3/c1-11(2)14-9-13(10-17-15(14)18)12-3-5-16(6-4-12)19-7-8-20-16/h3,9-11H,4-8H2,1-2H3,(H,17,18). The lowest BCUT2D eigenvalue weighted by atomic mass is 9.89. The molecule has 1 aliphatic heterocycles. The highest BCUT2D eigenvalue weighted by Gasteiger charge is 2.37. The van der Waals surface area contributed by atoms with E-state index >= 15 is 0 Å². The van der Waals surface area contributed by atoms with Crippen LogP contribution in [0.4, 0.5) is 0 Å². The van der Waals surface area contributed by atoms with Gasteiger partial charge < -0.3 is 14.5 Å². The summed E-state index contributed by atoms with van der Waals surface area (Å²) in [5, 5.41) is 0. The van der Waals surface area contributed by atoms with Gasteiger partial charge in [-0.2, -0.15) is 0 Å². The van der Waals surface area contributed by atoms with Crippen LogP contribution in [-0.2, 0) is 9.47 Å². The van der Waals surface area contributed by atoms with Crippen LogP contribution in [0.15, 0.2) is 23.1 Å². The third-order valence-electron chi connectivity index (χ3n) is 4.17. The van der Waals surface area contributed by atoms with Crippen molar-refractivity contribution in [1.82, 2.24) is 4.98 Å². The number of hydrogen-bond acceptors (Lipinski definition) is 3. The molecule has 0 saturated carbocycles. The summed E-state index contributed by atoms with van der Waals surface area (Å²) in [7, 11) is 0. The average Bonchev–Trinajstić information content (AvgIpc) is 2.88. The summed E-state index contributed by atoms with van der Waals surface area (Å²) < 4.78 is 11.4. The lowest BCUT2D eigenvalue weighted by Gasteiger charge is -2.30. The van der Waals surface area contributed by atoms with E-state index in [1.54, 1.807) is 0 Å². The number of nitrogens with one attached hydrogen (secondary N) is 1. The summed E-state index contributed by atoms with van der Waals surface area (Å²) in [4.78, 5) is 14.6. The molecule has 1 saturated heterocycles. The van der Waals surface area contributed by atoms with Gasteiger partial charge in [-0.3, -0.25) is 4.79 Å². The Morgan fingerprint density at radius 1 is 1.30 bits per heavy atom. The highest BCUT2D eigenvalue weighted by Crippen LogP contribution is 2.38. The van der Waals surface area contributed by atoms with Crippen molar-refractivity contribution >= 4 is 5.57 Å². The molecule has 1 aromatic rings. The molecular weight excluding hydrogens is 254 g/mol. The van der Waals surface area contributed by atoms with Crippen molar-refractivity contribution in [3.05, 3.63) is 39.8 Å². The zero-order valence-corrected chi connectivity index (χ0v) is 12.1. The Bertz CT molecular complexity index is 580. The molecule has 0 aromatic carbocycles. The van der Waals surface area contributed by atoms with E-state index in [2.05, 4.69) is 11.1 Å². The van der Waals surface area contributed by atoms with E-state index in [1.807, 2.05) is 26.1 Å². The van der Waals surface area contributed by atoms with Crippen molar-refractivity contribution in [2.45, 2.75) is 44.8 Å². The second-order valence-electron chi connectivity index (χ2n) is 5.87. The molecule has 0 atom stereocenters. The van der Waals surface area contributed by atoms with E-state index in [0.717, 1.165) is 30.4 Å². The van der Waals surface area contributed by atoms with Crippen LogP contribution in [0.2, 0.25) is 0 Å². The first-order chi connectivity index (χ1) is 9.60. The molecule has 4 nitrogen and oxygen atoms in total. The van der Waals surface area contributed by atoms with E-state index in [-0.39, 0.29) is 17.3 Å². The van der Waals surface area contributed by atoms with E-state index in [1.165, 1.54) is 5.57 Å². The highest BCUT2D eigenvalue weighted by molar-refractivity contribution is 5.66. The highest BCUT2D eigenvalue weighted by atomic mass is 16.7. The Morgan fingerprint density at radius 3 is 2.65 bits per heavy atom. The molecule has 0 amide bonds. The second kappa shape index (κ2) is 5.19. The fourth-order valence-electron chi connectivity index (χ4n) is 2.94. The van der Waals surface area contributed by atoms with Crippen LogP contribution in [0.25, 0.3) is 5.57 Å². The lowest BCUT2D eigenvalue weighted by Crippen LogP contribution is -2.31. The minimum absolute atomic E-state index is 0.0130. The number of aromatic nitrogens is 1. The maximum absolute atomic E-state index is 11.8. The van der Waals surface area contributed by atoms with Crippen molar-refractivity contribution in [2.75, 3.05) is 13.2 Å². The van der Waals surface area contributed by atoms with Crippen LogP contribution in [0, 0.1) is 0 Å². The number of ether oxygens (including phenoxy) is 2. The van der Waals surface area contributed by atoms with Gasteiger partial charge >= 0.3 is 0 Å². The number of rotatable bonds is 2. The second-order valence-corrected chi connectivity index (χ2v) is 5.87. The van der Waals surface area contributed by atoms with Crippen LogP contribution >= 0.6 is 0 Å². The number of aromatic amines is 1. The van der Waals surface area contributed by atoms with Crippen LogP contribution in [-0.4, -0.2) is 24.0 Å². The molecule has 2 aliphatic rings. The fraction of sp³-hybridized carbons (Fsp3) is 0.562. The molecular formula is C16H21NO3. The number of H-pyrrole nitrogens is 1. The number of allylic oxidation sites excluding steroid dienone is 1. The summed E-state index contributed by atoms with van der Waals surface area (Å²) in [5.74, 6) is -0.150. The van der Waals surface area contributed by atoms with E-state index in [9.17, 15) is 4.79 Å². The Balaban J connectivity index is 1.85. The summed E-state index contributed by atoms with van der Waals surface area (Å²) >= 11 is 0. The van der Waals surface area contributed by atoms with Gasteiger partial charge in [0.25, 0.3) is 5.56 Å². The molecule has 20 heavy (non-hydrogen) atoms. The van der Waals surface area contributed by atoms with Gasteiger partial charge in [0.1, 0.15) is 0 Å². The molecule has 3 rings (SSSR count). The fourth-order valence-corrected chi connectivity index (χ4v) is 2.94. The Morgan fingerprint density at radius 2 is 2.05 bits per heavy atom. The molecule has 1 aromatic heterocycles. The van der Waals surface area contributed by atoms with Gasteiger partial charge in [0.05, 0.1) is 13.2 Å². The SMILES string of the molecule is CC(C)c1cc(C2=CCC3(CC2)OCCO3)c[nH]c1=O. The van der Waals surface area contributed by atoms with Crippen molar-refractivity contribution in [3.63, 3.8) is 0 Å². The molecule has 1 N–H and O–H groups in total. The van der Waals surface area contributed by atoms with Crippen molar-refractivity contribution in [3.8, 4) is 0 Å². The zero-order chi connectivity index (χ0) is 14.2. The van der Waals surface area contributed by atoms with Gasteiger partial charge in [-0.25, -0.2) is 0 Å². The van der Waals surface area contributed by atoms with Crippen LogP contribution in [0.3, 0.4) is 0 Å². The van der Waals surface area contributed by atoms with Crippen molar-refractivity contribution in [2.24, 2.45) is 0 Å². The molecule has 108 valence electrons. The predicted octanol–water partition coefficient (Wildman–Crippen LogP) is 2.81. The van der Waals surface area contributed by atoms with Crippen molar-refractivity contribution in [1.29, 1.82) is 0 Å². The van der Waals surface area contributed by atoms with Gasteiger partial charge in [-0.15, -0.1) is 0 Å². The quantitative estimate of drug-likeness (QED) is 0.903. The van der Waals surface area contributed by atoms with Gasteiger partial charge in [0.2, 0.25) is 0 Å². The summed E-state index contributed by atoms with van der Waals surface area (Å²) in [6.07, 6.45) is 6.60. The number of pyridine rings is 1. The smallest absolute Gasteiger partial charge is 0.251 e. The maximum Gasteiger partial charge on any atom is 0.251 e. The monoisotopic (exact) mass is 275 g/mol. The van der Waals surface area contributed by atoms with Gasteiger partial charge in [0, 0.05) is 24.6 Å². The third-order valence-corrected chi connectivity index (χ3v) is 4.17. The third kappa shape index (κ3) is 2.45. The van der Waals surface area contributed by atoms with E-state index < -0.39 is 0 Å². The normalized spacial score (nSPS) is 21.4. The molecule has 2 heterocycles. The van der Waals surface area contributed by atoms with E-state index in [0.29, 0.717) is 13.2 Å². The topological polar surface area (TPSA) is 51.3 Å². The minimum Gasteiger partial charge on any atom is -0.347 e. The molecule has 0 bridgehead atoms. The number of hydrogen-bond donors (Lipinski definition) is 1. The molecule has 1 fully saturated rings. The van der Waals surface area contributed by atoms with Crippen LogP contribution < -0.4 is 5.56 Å². The van der Waals surface area contributed by atoms with Gasteiger partial charge in [-0.05, 0) is 29.5 Å². The van der Waals surface area contributed by atoms with Gasteiger partial charge in [0.15, 0.2) is 5.79 Å². The molecule has 1 spiro atoms. The minimum atomic E-state index is -0.382. The average molecular weight is 275 g/mol. The Hall–Kier alpha value is -1.39. The lowest BCUT2D eigenvalue weighted by molar-refractivity contribution is -0.159. The van der Waals surface area contributed by atoms with Crippen molar-refractivity contribution < 1.29 is 9.47 Å². The molecule has 0 unspecified atom stereocenters. The van der Waals surface area contributed by atoms with Crippen LogP contribution in [0.1, 0.15) is 50.2 Å². The summed E-state index contributed by atoms with van der Waals surface area (Å²) in [6, 6.07) is 2.02. The Kier molecular flexibility index (Phi) is 3.52. The van der Waals surface area contributed by atoms with E-state index in [4.69, 9.17) is 9.47 Å². The molecule has 4 heteroatoms. The summed E-state index contributed by atoms with van der Waals surface area (Å²) in [6.45, 7) is 5.47. The Labute approximate surface area is 118 Å². The van der Waals surface area contributed by atoms with Gasteiger partial charge in [-0.1, -0.05) is 19.9 Å². The maximum atomic E-state index is 11.8. The first-order valence-electron chi connectivity index (χ1n) is 7.30. The molecule has 1 aliphatic carbocycles.